The van der Waals surface area contributed by atoms with Crippen molar-refractivity contribution >= 4 is 21.3 Å². The molecule has 1 atom stereocenters. The summed E-state index contributed by atoms with van der Waals surface area (Å²) in [5, 5.41) is 3.84. The normalized spacial score (nSPS) is 12.0. The molecule has 1 rings (SSSR count). The maximum absolute atomic E-state index is 5.09. The number of nitrogens with zero attached hydrogens (tertiary/aromatic N) is 1. The predicted octanol–water partition coefficient (Wildman–Crippen LogP) is 0.231. The van der Waals surface area contributed by atoms with Gasteiger partial charge in [0.15, 0.2) is 0 Å². The fourth-order valence-electron chi connectivity index (χ4n) is 0.642. The van der Waals surface area contributed by atoms with Crippen LogP contribution in [0.15, 0.2) is 10.6 Å². The van der Waals surface area contributed by atoms with Gasteiger partial charge in [-0.25, -0.2) is 0 Å². The van der Waals surface area contributed by atoms with Crippen LogP contribution in [-0.2, 0) is 5.41 Å². The van der Waals surface area contributed by atoms with E-state index >= 15 is 0 Å². The molecule has 0 saturated heterocycles. The molecule has 0 saturated carbocycles. The van der Waals surface area contributed by atoms with Gasteiger partial charge in [0.1, 0.15) is 0 Å². The Kier molecular flexibility index (Phi) is 1.91. The molecule has 0 aromatic carbocycles. The van der Waals surface area contributed by atoms with Crippen LogP contribution >= 0.6 is 0 Å². The Balaban J connectivity index is 2.96. The standard InChI is InChI=1S/C7H12AsNO/c1-7(2,3)5-4-6(8)9-10-5/h4H,8H2,1-3H3. The SMILES string of the molecule is CC(C)(C)c1cc([AsH2])no1. The first-order valence-electron chi connectivity index (χ1n) is 3.23. The first-order chi connectivity index (χ1) is 4.50. The van der Waals surface area contributed by atoms with Crippen molar-refractivity contribution in [2.24, 2.45) is 0 Å². The molecule has 56 valence electrons. The van der Waals surface area contributed by atoms with Gasteiger partial charge in [-0.2, -0.15) is 0 Å². The molecule has 1 heterocycles. The molecule has 0 amide bonds. The Morgan fingerprint density at radius 2 is 2.10 bits per heavy atom. The van der Waals surface area contributed by atoms with Crippen molar-refractivity contribution in [1.82, 2.24) is 5.16 Å². The Bertz CT molecular complexity index is 224. The van der Waals surface area contributed by atoms with E-state index in [9.17, 15) is 0 Å². The van der Waals surface area contributed by atoms with E-state index in [1.807, 2.05) is 6.07 Å². The fourth-order valence-corrected chi connectivity index (χ4v) is 1.07. The predicted molar refractivity (Wildman–Crippen MR) is 43.4 cm³/mol. The van der Waals surface area contributed by atoms with Gasteiger partial charge in [0.25, 0.3) is 0 Å². The van der Waals surface area contributed by atoms with Crippen LogP contribution in [0.4, 0.5) is 0 Å². The molecule has 0 aliphatic rings. The third-order valence-electron chi connectivity index (χ3n) is 1.27. The van der Waals surface area contributed by atoms with E-state index in [4.69, 9.17) is 4.52 Å². The van der Waals surface area contributed by atoms with Crippen LogP contribution in [0.25, 0.3) is 0 Å². The fraction of sp³-hybridized carbons (Fsp3) is 0.571. The van der Waals surface area contributed by atoms with Gasteiger partial charge < -0.3 is 0 Å². The first-order valence-corrected chi connectivity index (χ1v) is 4.44. The Morgan fingerprint density at radius 1 is 1.50 bits per heavy atom. The molecule has 2 nitrogen and oxygen atoms in total. The second-order valence-corrected chi connectivity index (χ2v) is 4.61. The van der Waals surface area contributed by atoms with Gasteiger partial charge in [-0.3, -0.25) is 0 Å². The molecular formula is C7H12AsNO. The van der Waals surface area contributed by atoms with Crippen LogP contribution in [0.3, 0.4) is 0 Å². The van der Waals surface area contributed by atoms with Gasteiger partial charge >= 0.3 is 69.0 Å². The molecule has 0 N–H and O–H groups in total. The number of hydrogen-bond acceptors (Lipinski definition) is 2. The average Bonchev–Trinajstić information content (AvgIpc) is 2.11. The van der Waals surface area contributed by atoms with Crippen LogP contribution in [0.1, 0.15) is 26.5 Å². The molecule has 1 unspecified atom stereocenters. The monoisotopic (exact) mass is 201 g/mol. The zero-order valence-electron chi connectivity index (χ0n) is 6.51. The first kappa shape index (κ1) is 7.87. The quantitative estimate of drug-likeness (QED) is 0.561. The van der Waals surface area contributed by atoms with E-state index in [-0.39, 0.29) is 5.41 Å². The summed E-state index contributed by atoms with van der Waals surface area (Å²) in [7, 11) is 0. The van der Waals surface area contributed by atoms with E-state index in [0.717, 1.165) is 10.2 Å². The third-order valence-corrected chi connectivity index (χ3v) is 1.84. The van der Waals surface area contributed by atoms with Crippen LogP contribution in [-0.4, -0.2) is 22.0 Å². The summed E-state index contributed by atoms with van der Waals surface area (Å²) in [4.78, 5) is 0. The van der Waals surface area contributed by atoms with Gasteiger partial charge in [-0.05, 0) is 0 Å². The topological polar surface area (TPSA) is 26.0 Å². The number of rotatable bonds is 0. The van der Waals surface area contributed by atoms with Crippen LogP contribution < -0.4 is 4.48 Å². The summed E-state index contributed by atoms with van der Waals surface area (Å²) in [6, 6.07) is 2.00. The summed E-state index contributed by atoms with van der Waals surface area (Å²) in [6.45, 7) is 6.33. The molecule has 10 heavy (non-hydrogen) atoms. The van der Waals surface area contributed by atoms with Gasteiger partial charge in [0.05, 0.1) is 0 Å². The minimum atomic E-state index is 0.0946. The number of aromatic nitrogens is 1. The van der Waals surface area contributed by atoms with Gasteiger partial charge in [-0.15, -0.1) is 0 Å². The minimum absolute atomic E-state index is 0.0946. The average molecular weight is 201 g/mol. The van der Waals surface area contributed by atoms with E-state index < -0.39 is 0 Å². The Hall–Kier alpha value is -0.232. The Labute approximate surface area is 69.5 Å². The zero-order valence-corrected chi connectivity index (χ0v) is 8.93. The molecule has 0 bridgehead atoms. The van der Waals surface area contributed by atoms with Gasteiger partial charge in [-0.1, -0.05) is 0 Å². The molecule has 0 fully saturated rings. The van der Waals surface area contributed by atoms with Crippen LogP contribution in [0, 0.1) is 0 Å². The van der Waals surface area contributed by atoms with Crippen molar-refractivity contribution in [3.05, 3.63) is 11.8 Å². The van der Waals surface area contributed by atoms with Crippen molar-refractivity contribution in [1.29, 1.82) is 0 Å². The molecular weight excluding hydrogens is 189 g/mol. The zero-order chi connectivity index (χ0) is 7.78. The van der Waals surface area contributed by atoms with Crippen LogP contribution in [0.2, 0.25) is 0 Å². The van der Waals surface area contributed by atoms with Crippen molar-refractivity contribution in [2.45, 2.75) is 26.2 Å². The van der Waals surface area contributed by atoms with Crippen molar-refractivity contribution in [2.75, 3.05) is 0 Å². The molecule has 3 heteroatoms. The van der Waals surface area contributed by atoms with E-state index in [1.165, 1.54) is 16.9 Å². The molecule has 0 radical (unpaired) electrons. The number of hydrogen-bond donors (Lipinski definition) is 0. The van der Waals surface area contributed by atoms with E-state index in [0.29, 0.717) is 0 Å². The second-order valence-electron chi connectivity index (χ2n) is 3.37. The maximum atomic E-state index is 5.09. The molecule has 1 aromatic heterocycles. The third kappa shape index (κ3) is 1.63. The molecule has 1 aromatic rings. The molecule has 0 aliphatic carbocycles. The van der Waals surface area contributed by atoms with Crippen molar-refractivity contribution in [3.63, 3.8) is 0 Å². The van der Waals surface area contributed by atoms with Crippen molar-refractivity contribution < 1.29 is 4.52 Å². The summed E-state index contributed by atoms with van der Waals surface area (Å²) in [5.41, 5.74) is 0.0946. The van der Waals surface area contributed by atoms with E-state index in [2.05, 4.69) is 25.9 Å². The molecule has 0 spiro atoms. The van der Waals surface area contributed by atoms with Crippen molar-refractivity contribution in [3.8, 4) is 0 Å². The van der Waals surface area contributed by atoms with E-state index in [1.54, 1.807) is 0 Å². The summed E-state index contributed by atoms with van der Waals surface area (Å²) < 4.78 is 6.11. The molecule has 0 aliphatic heterocycles. The summed E-state index contributed by atoms with van der Waals surface area (Å²) >= 11 is 1.50. The van der Waals surface area contributed by atoms with Gasteiger partial charge in [0, 0.05) is 0 Å². The summed E-state index contributed by atoms with van der Waals surface area (Å²) in [6.07, 6.45) is 0. The Morgan fingerprint density at radius 3 is 2.30 bits per heavy atom. The summed E-state index contributed by atoms with van der Waals surface area (Å²) in [5.74, 6) is 0.965. The van der Waals surface area contributed by atoms with Crippen LogP contribution in [0.5, 0.6) is 0 Å². The second kappa shape index (κ2) is 2.43. The van der Waals surface area contributed by atoms with Gasteiger partial charge in [0.2, 0.25) is 0 Å².